The third-order valence-electron chi connectivity index (χ3n) is 2.12. The molecule has 0 bridgehead atoms. The second-order valence-electron chi connectivity index (χ2n) is 3.74. The molecule has 0 radical (unpaired) electrons. The number of carbonyl (C=O) groups is 1. The maximum absolute atomic E-state index is 13.1. The molecule has 4 nitrogen and oxygen atoms in total. The topological polar surface area (TPSA) is 72.5 Å². The number of carbonyl (C=O) groups excluding carboxylic acids is 1. The van der Waals surface area contributed by atoms with Gasteiger partial charge in [-0.05, 0) is 28.1 Å². The van der Waals surface area contributed by atoms with Crippen LogP contribution in [0.3, 0.4) is 0 Å². The summed E-state index contributed by atoms with van der Waals surface area (Å²) in [5, 5.41) is 8.78. The molecule has 94 valence electrons. The Bertz CT molecular complexity index is 425. The first kappa shape index (κ1) is 13.9. The molecule has 3 N–H and O–H groups in total. The predicted octanol–water partition coefficient (Wildman–Crippen LogP) is 1.96. The van der Waals surface area contributed by atoms with Crippen molar-refractivity contribution >= 4 is 27.6 Å². The molecule has 0 amide bonds. The molecule has 0 spiro atoms. The summed E-state index contributed by atoms with van der Waals surface area (Å²) in [6.45, 7) is 1.76. The number of anilines is 1. The lowest BCUT2D eigenvalue weighted by Crippen LogP contribution is -2.15. The van der Waals surface area contributed by atoms with Crippen LogP contribution in [-0.2, 0) is 4.74 Å². The second kappa shape index (κ2) is 5.97. The van der Waals surface area contributed by atoms with Crippen molar-refractivity contribution in [3.05, 3.63) is 28.0 Å². The summed E-state index contributed by atoms with van der Waals surface area (Å²) in [4.78, 5) is 11.6. The summed E-state index contributed by atoms with van der Waals surface area (Å²) in [6.07, 6.45) is 0. The number of nitrogens with two attached hydrogens (primary N) is 1. The van der Waals surface area contributed by atoms with Gasteiger partial charge in [-0.3, -0.25) is 0 Å². The third kappa shape index (κ3) is 3.67. The van der Waals surface area contributed by atoms with Gasteiger partial charge in [0.05, 0.1) is 17.9 Å². The van der Waals surface area contributed by atoms with Crippen molar-refractivity contribution in [2.24, 2.45) is 5.92 Å². The maximum Gasteiger partial charge on any atom is 0.339 e. The summed E-state index contributed by atoms with van der Waals surface area (Å²) in [7, 11) is 0. The van der Waals surface area contributed by atoms with Gasteiger partial charge in [-0.15, -0.1) is 0 Å². The molecule has 1 aromatic carbocycles. The number of halogens is 2. The van der Waals surface area contributed by atoms with Crippen LogP contribution < -0.4 is 5.73 Å². The van der Waals surface area contributed by atoms with Crippen molar-refractivity contribution in [3.63, 3.8) is 0 Å². The van der Waals surface area contributed by atoms with E-state index < -0.39 is 11.8 Å². The second-order valence-corrected chi connectivity index (χ2v) is 4.59. The van der Waals surface area contributed by atoms with E-state index in [1.165, 1.54) is 6.07 Å². The van der Waals surface area contributed by atoms with Gasteiger partial charge in [-0.25, -0.2) is 9.18 Å². The van der Waals surface area contributed by atoms with Gasteiger partial charge >= 0.3 is 5.97 Å². The Morgan fingerprint density at radius 2 is 2.29 bits per heavy atom. The number of hydrogen-bond donors (Lipinski definition) is 2. The molecule has 0 saturated carbocycles. The van der Waals surface area contributed by atoms with Gasteiger partial charge in [0.1, 0.15) is 5.82 Å². The van der Waals surface area contributed by atoms with E-state index >= 15 is 0 Å². The highest BCUT2D eigenvalue weighted by Crippen LogP contribution is 2.23. The maximum atomic E-state index is 13.1. The van der Waals surface area contributed by atoms with Gasteiger partial charge in [0.25, 0.3) is 0 Å². The molecule has 1 aromatic rings. The molecule has 0 aromatic heterocycles. The van der Waals surface area contributed by atoms with Crippen LogP contribution in [0.1, 0.15) is 17.3 Å². The lowest BCUT2D eigenvalue weighted by atomic mass is 10.2. The van der Waals surface area contributed by atoms with Crippen molar-refractivity contribution in [2.45, 2.75) is 6.92 Å². The zero-order valence-corrected chi connectivity index (χ0v) is 10.8. The smallest absolute Gasteiger partial charge is 0.339 e. The molecule has 1 rings (SSSR count). The normalized spacial score (nSPS) is 12.2. The summed E-state index contributed by atoms with van der Waals surface area (Å²) in [5.74, 6) is -1.35. The van der Waals surface area contributed by atoms with Crippen molar-refractivity contribution in [1.29, 1.82) is 0 Å². The molecular weight excluding hydrogens is 293 g/mol. The van der Waals surface area contributed by atoms with E-state index in [4.69, 9.17) is 15.6 Å². The first-order valence-electron chi connectivity index (χ1n) is 4.98. The summed E-state index contributed by atoms with van der Waals surface area (Å²) in [5.41, 5.74) is 5.41. The van der Waals surface area contributed by atoms with Gasteiger partial charge in [0.15, 0.2) is 0 Å². The van der Waals surface area contributed by atoms with Gasteiger partial charge in [-0.1, -0.05) is 6.92 Å². The Labute approximate surface area is 107 Å². The van der Waals surface area contributed by atoms with Gasteiger partial charge in [0, 0.05) is 17.0 Å². The van der Waals surface area contributed by atoms with Gasteiger partial charge in [0.2, 0.25) is 0 Å². The lowest BCUT2D eigenvalue weighted by molar-refractivity contribution is 0.0404. The average Bonchev–Trinajstić information content (AvgIpc) is 2.30. The van der Waals surface area contributed by atoms with Crippen LogP contribution in [0.4, 0.5) is 10.1 Å². The molecule has 0 aliphatic heterocycles. The fraction of sp³-hybridized carbons (Fsp3) is 0.364. The number of rotatable bonds is 4. The Kier molecular flexibility index (Phi) is 4.89. The number of esters is 1. The highest BCUT2D eigenvalue weighted by Gasteiger charge is 2.15. The SMILES string of the molecule is CC(CO)COC(=O)c1cc(N)c(F)cc1Br. The average molecular weight is 306 g/mol. The van der Waals surface area contributed by atoms with Crippen LogP contribution in [0.5, 0.6) is 0 Å². The van der Waals surface area contributed by atoms with Crippen LogP contribution in [0.25, 0.3) is 0 Å². The van der Waals surface area contributed by atoms with Gasteiger partial charge < -0.3 is 15.6 Å². The van der Waals surface area contributed by atoms with E-state index in [-0.39, 0.29) is 34.9 Å². The van der Waals surface area contributed by atoms with Crippen molar-refractivity contribution in [3.8, 4) is 0 Å². The molecule has 1 atom stereocenters. The number of benzene rings is 1. The lowest BCUT2D eigenvalue weighted by Gasteiger charge is -2.10. The molecule has 0 fully saturated rings. The van der Waals surface area contributed by atoms with Crippen LogP contribution in [-0.4, -0.2) is 24.3 Å². The number of nitrogen functional groups attached to an aromatic ring is 1. The van der Waals surface area contributed by atoms with Crippen LogP contribution >= 0.6 is 15.9 Å². The molecule has 0 aliphatic carbocycles. The van der Waals surface area contributed by atoms with Crippen LogP contribution in [0, 0.1) is 11.7 Å². The van der Waals surface area contributed by atoms with Gasteiger partial charge in [-0.2, -0.15) is 0 Å². The minimum absolute atomic E-state index is 0.0694. The zero-order valence-electron chi connectivity index (χ0n) is 9.24. The summed E-state index contributed by atoms with van der Waals surface area (Å²) < 4.78 is 18.3. The van der Waals surface area contributed by atoms with E-state index in [1.807, 2.05) is 0 Å². The van der Waals surface area contributed by atoms with Crippen molar-refractivity contribution in [1.82, 2.24) is 0 Å². The largest absolute Gasteiger partial charge is 0.462 e. The fourth-order valence-corrected chi connectivity index (χ4v) is 1.55. The highest BCUT2D eigenvalue weighted by atomic mass is 79.9. The molecular formula is C11H13BrFNO3. The summed E-state index contributed by atoms with van der Waals surface area (Å²) in [6, 6.07) is 2.33. The minimum Gasteiger partial charge on any atom is -0.462 e. The molecule has 0 heterocycles. The quantitative estimate of drug-likeness (QED) is 0.659. The molecule has 0 aliphatic rings. The monoisotopic (exact) mass is 305 g/mol. The fourth-order valence-electron chi connectivity index (χ4n) is 1.07. The standard InChI is InChI=1S/C11H13BrFNO3/c1-6(4-15)5-17-11(16)7-2-10(14)9(13)3-8(7)12/h2-3,6,15H,4-5,14H2,1H3. The zero-order chi connectivity index (χ0) is 13.0. The number of hydrogen-bond acceptors (Lipinski definition) is 4. The Morgan fingerprint density at radius 3 is 2.88 bits per heavy atom. The van der Waals surface area contributed by atoms with E-state index in [0.29, 0.717) is 0 Å². The Morgan fingerprint density at radius 1 is 1.65 bits per heavy atom. The van der Waals surface area contributed by atoms with E-state index in [9.17, 15) is 9.18 Å². The third-order valence-corrected chi connectivity index (χ3v) is 2.77. The number of aliphatic hydroxyl groups is 1. The van der Waals surface area contributed by atoms with E-state index in [2.05, 4.69) is 15.9 Å². The van der Waals surface area contributed by atoms with Crippen molar-refractivity contribution in [2.75, 3.05) is 18.9 Å². The first-order valence-corrected chi connectivity index (χ1v) is 5.77. The van der Waals surface area contributed by atoms with E-state index in [1.54, 1.807) is 6.92 Å². The molecule has 6 heteroatoms. The first-order chi connectivity index (χ1) is 7.95. The summed E-state index contributed by atoms with van der Waals surface area (Å²) >= 11 is 3.06. The number of ether oxygens (including phenoxy) is 1. The predicted molar refractivity (Wildman–Crippen MR) is 65.0 cm³/mol. The Hall–Kier alpha value is -1.14. The van der Waals surface area contributed by atoms with Crippen LogP contribution in [0.15, 0.2) is 16.6 Å². The van der Waals surface area contributed by atoms with Crippen LogP contribution in [0.2, 0.25) is 0 Å². The molecule has 17 heavy (non-hydrogen) atoms. The Balaban J connectivity index is 2.79. The molecule has 1 unspecified atom stereocenters. The van der Waals surface area contributed by atoms with Crippen molar-refractivity contribution < 1.29 is 19.0 Å². The molecule has 0 saturated heterocycles. The number of aliphatic hydroxyl groups excluding tert-OH is 1. The highest BCUT2D eigenvalue weighted by molar-refractivity contribution is 9.10. The minimum atomic E-state index is -0.608. The van der Waals surface area contributed by atoms with E-state index in [0.717, 1.165) is 6.07 Å².